The van der Waals surface area contributed by atoms with Gasteiger partial charge in [-0.1, -0.05) is 45.7 Å². The predicted molar refractivity (Wildman–Crippen MR) is 89.7 cm³/mol. The van der Waals surface area contributed by atoms with E-state index in [2.05, 4.69) is 27.0 Å². The number of nitrogens with zero attached hydrogens (tertiary/aromatic N) is 2. The monoisotopic (exact) mass is 378 g/mol. The normalized spacial score (nSPS) is 10.9. The van der Waals surface area contributed by atoms with E-state index in [0.717, 1.165) is 15.9 Å². The van der Waals surface area contributed by atoms with Gasteiger partial charge in [-0.3, -0.25) is 0 Å². The van der Waals surface area contributed by atoms with Gasteiger partial charge in [0.15, 0.2) is 0 Å². The Labute approximate surface area is 141 Å². The molecule has 112 valence electrons. The Hall–Kier alpha value is -1.65. The minimum absolute atomic E-state index is 0.301. The molecular formula is C17H13BrClFN2. The van der Waals surface area contributed by atoms with Crippen molar-refractivity contribution in [1.29, 1.82) is 0 Å². The zero-order chi connectivity index (χ0) is 15.5. The molecule has 0 spiro atoms. The summed E-state index contributed by atoms with van der Waals surface area (Å²) in [6, 6.07) is 12.8. The Morgan fingerprint density at radius 2 is 2.00 bits per heavy atom. The van der Waals surface area contributed by atoms with Crippen LogP contribution in [0.25, 0.3) is 0 Å². The molecule has 0 fully saturated rings. The van der Waals surface area contributed by atoms with Crippen LogP contribution >= 0.6 is 27.5 Å². The SMILES string of the molecule is Fc1cccc(Cl)c1Cc1nccn1Cc1cccc(Br)c1. The van der Waals surface area contributed by atoms with Gasteiger partial charge in [0.05, 0.1) is 0 Å². The van der Waals surface area contributed by atoms with Crippen LogP contribution in [0, 0.1) is 5.82 Å². The lowest BCUT2D eigenvalue weighted by atomic mass is 10.1. The molecule has 22 heavy (non-hydrogen) atoms. The number of hydrogen-bond donors (Lipinski definition) is 0. The molecule has 5 heteroatoms. The van der Waals surface area contributed by atoms with Crippen LogP contribution in [-0.2, 0) is 13.0 Å². The molecule has 2 aromatic carbocycles. The summed E-state index contributed by atoms with van der Waals surface area (Å²) in [6.45, 7) is 0.681. The zero-order valence-corrected chi connectivity index (χ0v) is 14.0. The first-order valence-corrected chi connectivity index (χ1v) is 7.98. The van der Waals surface area contributed by atoms with Gasteiger partial charge in [-0.05, 0) is 29.8 Å². The first kappa shape index (κ1) is 15.3. The molecule has 0 bridgehead atoms. The third-order valence-corrected chi connectivity index (χ3v) is 4.29. The zero-order valence-electron chi connectivity index (χ0n) is 11.6. The molecule has 0 atom stereocenters. The average molecular weight is 380 g/mol. The predicted octanol–water partition coefficient (Wildman–Crippen LogP) is 5.08. The van der Waals surface area contributed by atoms with Crippen molar-refractivity contribution in [2.45, 2.75) is 13.0 Å². The summed E-state index contributed by atoms with van der Waals surface area (Å²) in [7, 11) is 0. The lowest BCUT2D eigenvalue weighted by Crippen LogP contribution is -2.06. The van der Waals surface area contributed by atoms with Crippen molar-refractivity contribution < 1.29 is 4.39 Å². The maximum absolute atomic E-state index is 13.9. The van der Waals surface area contributed by atoms with E-state index in [1.54, 1.807) is 18.3 Å². The average Bonchev–Trinajstić information content (AvgIpc) is 2.90. The second-order valence-electron chi connectivity index (χ2n) is 4.98. The van der Waals surface area contributed by atoms with Crippen LogP contribution < -0.4 is 0 Å². The molecule has 3 aromatic rings. The largest absolute Gasteiger partial charge is 0.330 e. The molecule has 0 saturated carbocycles. The smallest absolute Gasteiger partial charge is 0.128 e. The highest BCUT2D eigenvalue weighted by molar-refractivity contribution is 9.10. The summed E-state index contributed by atoms with van der Waals surface area (Å²) in [5.74, 6) is 0.483. The van der Waals surface area contributed by atoms with E-state index in [0.29, 0.717) is 23.6 Å². The van der Waals surface area contributed by atoms with Crippen molar-refractivity contribution in [2.24, 2.45) is 0 Å². The lowest BCUT2D eigenvalue weighted by molar-refractivity contribution is 0.609. The Morgan fingerprint density at radius 1 is 1.18 bits per heavy atom. The summed E-state index contributed by atoms with van der Waals surface area (Å²) in [6.07, 6.45) is 3.99. The van der Waals surface area contributed by atoms with E-state index < -0.39 is 0 Å². The first-order chi connectivity index (χ1) is 10.6. The second kappa shape index (κ2) is 6.63. The van der Waals surface area contributed by atoms with Crippen molar-refractivity contribution in [1.82, 2.24) is 9.55 Å². The summed E-state index contributed by atoms with van der Waals surface area (Å²) < 4.78 is 17.0. The molecule has 0 radical (unpaired) electrons. The summed E-state index contributed by atoms with van der Waals surface area (Å²) in [5.41, 5.74) is 1.62. The van der Waals surface area contributed by atoms with E-state index in [9.17, 15) is 4.39 Å². The van der Waals surface area contributed by atoms with E-state index in [-0.39, 0.29) is 5.82 Å². The van der Waals surface area contributed by atoms with Gasteiger partial charge in [-0.2, -0.15) is 0 Å². The molecule has 0 saturated heterocycles. The number of benzene rings is 2. The Morgan fingerprint density at radius 3 is 2.77 bits per heavy atom. The number of hydrogen-bond acceptors (Lipinski definition) is 1. The van der Waals surface area contributed by atoms with Crippen molar-refractivity contribution in [3.63, 3.8) is 0 Å². The van der Waals surface area contributed by atoms with Gasteiger partial charge in [-0.15, -0.1) is 0 Å². The van der Waals surface area contributed by atoms with Gasteiger partial charge in [0, 0.05) is 40.4 Å². The van der Waals surface area contributed by atoms with Crippen LogP contribution in [0.15, 0.2) is 59.3 Å². The van der Waals surface area contributed by atoms with Crippen LogP contribution in [-0.4, -0.2) is 9.55 Å². The summed E-state index contributed by atoms with van der Waals surface area (Å²) >= 11 is 9.56. The van der Waals surface area contributed by atoms with Gasteiger partial charge in [0.1, 0.15) is 11.6 Å². The quantitative estimate of drug-likeness (QED) is 0.618. The number of aromatic nitrogens is 2. The van der Waals surface area contributed by atoms with Gasteiger partial charge in [0.25, 0.3) is 0 Å². The highest BCUT2D eigenvalue weighted by Crippen LogP contribution is 2.22. The van der Waals surface area contributed by atoms with Crippen LogP contribution in [0.2, 0.25) is 5.02 Å². The third-order valence-electron chi connectivity index (χ3n) is 3.44. The van der Waals surface area contributed by atoms with Gasteiger partial charge in [0.2, 0.25) is 0 Å². The number of halogens is 3. The molecule has 0 aliphatic heterocycles. The minimum atomic E-state index is -0.301. The van der Waals surface area contributed by atoms with Crippen molar-refractivity contribution >= 4 is 27.5 Å². The maximum Gasteiger partial charge on any atom is 0.128 e. The highest BCUT2D eigenvalue weighted by Gasteiger charge is 2.11. The maximum atomic E-state index is 13.9. The van der Waals surface area contributed by atoms with Crippen LogP contribution in [0.3, 0.4) is 0 Å². The topological polar surface area (TPSA) is 17.8 Å². The molecule has 0 aliphatic rings. The summed E-state index contributed by atoms with van der Waals surface area (Å²) in [4.78, 5) is 4.34. The van der Waals surface area contributed by atoms with E-state index in [1.165, 1.54) is 6.07 Å². The van der Waals surface area contributed by atoms with Gasteiger partial charge in [-0.25, -0.2) is 9.37 Å². The summed E-state index contributed by atoms with van der Waals surface area (Å²) in [5, 5.41) is 0.428. The fourth-order valence-electron chi connectivity index (χ4n) is 2.34. The molecule has 0 unspecified atom stereocenters. The second-order valence-corrected chi connectivity index (χ2v) is 6.30. The van der Waals surface area contributed by atoms with Crippen molar-refractivity contribution in [3.05, 3.63) is 87.1 Å². The Bertz CT molecular complexity index is 781. The molecule has 1 heterocycles. The Kier molecular flexibility index (Phi) is 4.60. The van der Waals surface area contributed by atoms with Crippen LogP contribution in [0.4, 0.5) is 4.39 Å². The highest BCUT2D eigenvalue weighted by atomic mass is 79.9. The number of rotatable bonds is 4. The fraction of sp³-hybridized carbons (Fsp3) is 0.118. The van der Waals surface area contributed by atoms with E-state index >= 15 is 0 Å². The van der Waals surface area contributed by atoms with Crippen LogP contribution in [0.1, 0.15) is 17.0 Å². The van der Waals surface area contributed by atoms with Crippen molar-refractivity contribution in [3.8, 4) is 0 Å². The molecule has 3 rings (SSSR count). The molecule has 2 nitrogen and oxygen atoms in total. The molecule has 0 amide bonds. The lowest BCUT2D eigenvalue weighted by Gasteiger charge is -2.10. The van der Waals surface area contributed by atoms with Crippen molar-refractivity contribution in [2.75, 3.05) is 0 Å². The van der Waals surface area contributed by atoms with Gasteiger partial charge < -0.3 is 4.57 Å². The standard InChI is InChI=1S/C17H13BrClFN2/c18-13-4-1-3-12(9-13)11-22-8-7-21-17(22)10-14-15(19)5-2-6-16(14)20/h1-9H,10-11H2. The van der Waals surface area contributed by atoms with Gasteiger partial charge >= 0.3 is 0 Å². The van der Waals surface area contributed by atoms with E-state index in [4.69, 9.17) is 11.6 Å². The molecule has 0 aliphatic carbocycles. The number of imidazole rings is 1. The molecular weight excluding hydrogens is 367 g/mol. The fourth-order valence-corrected chi connectivity index (χ4v) is 3.02. The third kappa shape index (κ3) is 3.39. The van der Waals surface area contributed by atoms with Crippen LogP contribution in [0.5, 0.6) is 0 Å². The minimum Gasteiger partial charge on any atom is -0.330 e. The molecule has 0 N–H and O–H groups in total. The van der Waals surface area contributed by atoms with E-state index in [1.807, 2.05) is 29.0 Å². The Balaban J connectivity index is 1.86. The first-order valence-electron chi connectivity index (χ1n) is 6.81. The molecule has 1 aromatic heterocycles.